The molecular weight excluding hydrogens is 400 g/mol. The van der Waals surface area contributed by atoms with E-state index in [2.05, 4.69) is 0 Å². The SMILES string of the molecule is NS(=O)(=O)c1ccc(-c2oc3ccccc3c(=O)c2-c2ccc(F)c(F)c2)cc1. The van der Waals surface area contributed by atoms with Crippen molar-refractivity contribution < 1.29 is 21.6 Å². The predicted octanol–water partition coefficient (Wildman–Crippen LogP) is 4.05. The van der Waals surface area contributed by atoms with Gasteiger partial charge < -0.3 is 4.42 Å². The van der Waals surface area contributed by atoms with Crippen molar-refractivity contribution >= 4 is 21.0 Å². The number of primary sulfonamides is 1. The molecule has 0 aliphatic rings. The summed E-state index contributed by atoms with van der Waals surface area (Å²) in [5, 5.41) is 5.39. The summed E-state index contributed by atoms with van der Waals surface area (Å²) >= 11 is 0. The van der Waals surface area contributed by atoms with Gasteiger partial charge in [-0.25, -0.2) is 22.3 Å². The lowest BCUT2D eigenvalue weighted by atomic mass is 9.98. The van der Waals surface area contributed by atoms with E-state index in [0.717, 1.165) is 12.1 Å². The number of halogens is 2. The van der Waals surface area contributed by atoms with E-state index < -0.39 is 27.1 Å². The maximum atomic E-state index is 13.8. The van der Waals surface area contributed by atoms with Crippen LogP contribution in [-0.4, -0.2) is 8.42 Å². The first kappa shape index (κ1) is 19.0. The molecule has 0 saturated heterocycles. The third kappa shape index (κ3) is 3.43. The van der Waals surface area contributed by atoms with Crippen molar-refractivity contribution in [2.24, 2.45) is 5.14 Å². The van der Waals surface area contributed by atoms with Crippen LogP contribution >= 0.6 is 0 Å². The van der Waals surface area contributed by atoms with Gasteiger partial charge in [0.2, 0.25) is 15.5 Å². The van der Waals surface area contributed by atoms with E-state index in [0.29, 0.717) is 11.1 Å². The molecule has 8 heteroatoms. The van der Waals surface area contributed by atoms with Crippen molar-refractivity contribution in [3.05, 3.63) is 88.6 Å². The van der Waals surface area contributed by atoms with Crippen LogP contribution in [0.15, 0.2) is 80.8 Å². The molecule has 0 radical (unpaired) electrons. The van der Waals surface area contributed by atoms with E-state index in [4.69, 9.17) is 9.56 Å². The molecule has 1 heterocycles. The summed E-state index contributed by atoms with van der Waals surface area (Å²) in [6.07, 6.45) is 0. The molecule has 0 amide bonds. The molecule has 0 saturated carbocycles. The molecule has 4 rings (SSSR count). The van der Waals surface area contributed by atoms with Crippen LogP contribution in [-0.2, 0) is 10.0 Å². The average Bonchev–Trinajstić information content (AvgIpc) is 2.70. The van der Waals surface area contributed by atoms with Gasteiger partial charge in [-0.05, 0) is 54.1 Å². The Morgan fingerprint density at radius 3 is 2.14 bits per heavy atom. The minimum Gasteiger partial charge on any atom is -0.455 e. The number of sulfonamides is 1. The Bertz CT molecular complexity index is 1410. The molecule has 29 heavy (non-hydrogen) atoms. The lowest BCUT2D eigenvalue weighted by Crippen LogP contribution is -2.12. The highest BCUT2D eigenvalue weighted by molar-refractivity contribution is 7.89. The molecule has 4 aromatic rings. The standard InChI is InChI=1S/C21H13F2NO4S/c22-16-10-7-13(11-17(16)23)19-20(25)15-3-1-2-4-18(15)28-21(19)12-5-8-14(9-6-12)29(24,26)27/h1-11H,(H2,24,26,27). The highest BCUT2D eigenvalue weighted by Crippen LogP contribution is 2.33. The zero-order valence-corrected chi connectivity index (χ0v) is 15.5. The van der Waals surface area contributed by atoms with Crippen molar-refractivity contribution in [2.45, 2.75) is 4.90 Å². The van der Waals surface area contributed by atoms with Crippen LogP contribution in [0.1, 0.15) is 0 Å². The second-order valence-corrected chi connectivity index (χ2v) is 7.89. The number of benzene rings is 3. The Morgan fingerprint density at radius 2 is 1.48 bits per heavy atom. The summed E-state index contributed by atoms with van der Waals surface area (Å²) in [5.74, 6) is -2.05. The van der Waals surface area contributed by atoms with Crippen LogP contribution < -0.4 is 10.6 Å². The van der Waals surface area contributed by atoms with Gasteiger partial charge in [-0.3, -0.25) is 4.79 Å². The number of para-hydroxylation sites is 1. The number of fused-ring (bicyclic) bond motifs is 1. The molecule has 3 aromatic carbocycles. The first-order valence-corrected chi connectivity index (χ1v) is 9.95. The van der Waals surface area contributed by atoms with Gasteiger partial charge in [0, 0.05) is 5.56 Å². The van der Waals surface area contributed by atoms with Gasteiger partial charge >= 0.3 is 0 Å². The topological polar surface area (TPSA) is 90.4 Å². The zero-order chi connectivity index (χ0) is 20.8. The van der Waals surface area contributed by atoms with E-state index in [1.54, 1.807) is 24.3 Å². The maximum Gasteiger partial charge on any atom is 0.238 e. The molecule has 0 aliphatic carbocycles. The maximum absolute atomic E-state index is 13.8. The lowest BCUT2D eigenvalue weighted by molar-refractivity contribution is 0.509. The number of rotatable bonds is 3. The number of hydrogen-bond acceptors (Lipinski definition) is 4. The van der Waals surface area contributed by atoms with Crippen LogP contribution in [0.5, 0.6) is 0 Å². The van der Waals surface area contributed by atoms with Crippen LogP contribution in [0, 0.1) is 11.6 Å². The Kier molecular flexibility index (Phi) is 4.52. The summed E-state index contributed by atoms with van der Waals surface area (Å²) in [4.78, 5) is 13.0. The third-order valence-corrected chi connectivity index (χ3v) is 5.38. The Balaban J connectivity index is 2.04. The van der Waals surface area contributed by atoms with Crippen molar-refractivity contribution in [3.8, 4) is 22.5 Å². The quantitative estimate of drug-likeness (QED) is 0.549. The summed E-state index contributed by atoms with van der Waals surface area (Å²) < 4.78 is 56.1. The smallest absolute Gasteiger partial charge is 0.238 e. The lowest BCUT2D eigenvalue weighted by Gasteiger charge is -2.11. The Hall–Kier alpha value is -3.36. The van der Waals surface area contributed by atoms with E-state index in [1.165, 1.54) is 30.3 Å². The fourth-order valence-electron chi connectivity index (χ4n) is 3.06. The molecule has 0 bridgehead atoms. The highest BCUT2D eigenvalue weighted by Gasteiger charge is 2.19. The normalized spacial score (nSPS) is 11.7. The fraction of sp³-hybridized carbons (Fsp3) is 0. The highest BCUT2D eigenvalue weighted by atomic mass is 32.2. The molecule has 0 spiro atoms. The number of hydrogen-bond donors (Lipinski definition) is 1. The minimum absolute atomic E-state index is 0.0333. The summed E-state index contributed by atoms with van der Waals surface area (Å²) in [6, 6.07) is 15.0. The molecular formula is C21H13F2NO4S. The van der Waals surface area contributed by atoms with Crippen molar-refractivity contribution in [1.29, 1.82) is 0 Å². The van der Waals surface area contributed by atoms with Crippen LogP contribution in [0.2, 0.25) is 0 Å². The van der Waals surface area contributed by atoms with Crippen LogP contribution in [0.4, 0.5) is 8.78 Å². The van der Waals surface area contributed by atoms with Gasteiger partial charge in [-0.15, -0.1) is 0 Å². The van der Waals surface area contributed by atoms with E-state index >= 15 is 0 Å². The second kappa shape index (κ2) is 6.91. The van der Waals surface area contributed by atoms with Gasteiger partial charge in [0.1, 0.15) is 11.3 Å². The van der Waals surface area contributed by atoms with Crippen LogP contribution in [0.25, 0.3) is 33.4 Å². The molecule has 146 valence electrons. The van der Waals surface area contributed by atoms with E-state index in [-0.39, 0.29) is 27.2 Å². The van der Waals surface area contributed by atoms with Crippen molar-refractivity contribution in [3.63, 3.8) is 0 Å². The molecule has 0 unspecified atom stereocenters. The van der Waals surface area contributed by atoms with Gasteiger partial charge in [0.25, 0.3) is 0 Å². The number of nitrogens with two attached hydrogens (primary N) is 1. The van der Waals surface area contributed by atoms with E-state index in [9.17, 15) is 22.0 Å². The van der Waals surface area contributed by atoms with E-state index in [1.807, 2.05) is 0 Å². The Labute approximate surface area is 164 Å². The minimum atomic E-state index is -3.90. The fourth-order valence-corrected chi connectivity index (χ4v) is 3.57. The van der Waals surface area contributed by atoms with Crippen molar-refractivity contribution in [2.75, 3.05) is 0 Å². The molecule has 2 N–H and O–H groups in total. The molecule has 5 nitrogen and oxygen atoms in total. The first-order valence-electron chi connectivity index (χ1n) is 8.40. The molecule has 0 aliphatic heterocycles. The van der Waals surface area contributed by atoms with Gasteiger partial charge in [0.05, 0.1) is 15.8 Å². The molecule has 0 fully saturated rings. The second-order valence-electron chi connectivity index (χ2n) is 6.33. The monoisotopic (exact) mass is 413 g/mol. The first-order chi connectivity index (χ1) is 13.8. The summed E-state index contributed by atoms with van der Waals surface area (Å²) in [5.41, 5.74) is 0.414. The summed E-state index contributed by atoms with van der Waals surface area (Å²) in [7, 11) is -3.90. The third-order valence-electron chi connectivity index (χ3n) is 4.45. The van der Waals surface area contributed by atoms with Gasteiger partial charge in [-0.1, -0.05) is 18.2 Å². The Morgan fingerprint density at radius 1 is 0.828 bits per heavy atom. The predicted molar refractivity (Wildman–Crippen MR) is 105 cm³/mol. The zero-order valence-electron chi connectivity index (χ0n) is 14.7. The summed E-state index contributed by atoms with van der Waals surface area (Å²) in [6.45, 7) is 0. The van der Waals surface area contributed by atoms with Gasteiger partial charge in [0.15, 0.2) is 11.6 Å². The molecule has 1 aromatic heterocycles. The molecule has 0 atom stereocenters. The van der Waals surface area contributed by atoms with Crippen molar-refractivity contribution in [1.82, 2.24) is 0 Å². The average molecular weight is 413 g/mol. The van der Waals surface area contributed by atoms with Crippen LogP contribution in [0.3, 0.4) is 0 Å². The largest absolute Gasteiger partial charge is 0.455 e. The van der Waals surface area contributed by atoms with Gasteiger partial charge in [-0.2, -0.15) is 0 Å².